The molecule has 0 N–H and O–H groups in total. The monoisotopic (exact) mass is 321 g/mol. The van der Waals surface area contributed by atoms with Crippen molar-refractivity contribution in [3.63, 3.8) is 0 Å². The second-order valence-corrected chi connectivity index (χ2v) is 6.44. The molecule has 2 aromatic carbocycles. The Balaban J connectivity index is 1.89. The van der Waals surface area contributed by atoms with Crippen molar-refractivity contribution >= 4 is 11.7 Å². The summed E-state index contributed by atoms with van der Waals surface area (Å²) in [6.07, 6.45) is 0. The van der Waals surface area contributed by atoms with Gasteiger partial charge in [0.1, 0.15) is 11.5 Å². The van der Waals surface area contributed by atoms with Gasteiger partial charge in [0, 0.05) is 17.4 Å². The van der Waals surface area contributed by atoms with Crippen LogP contribution in [0.3, 0.4) is 0 Å². The molecule has 0 fully saturated rings. The molecule has 2 heterocycles. The lowest BCUT2D eigenvalue weighted by Crippen LogP contribution is -2.39. The van der Waals surface area contributed by atoms with E-state index in [1.807, 2.05) is 54.6 Å². The highest BCUT2D eigenvalue weighted by Crippen LogP contribution is 2.53. The first kappa shape index (κ1) is 14.9. The van der Waals surface area contributed by atoms with E-state index < -0.39 is 5.54 Å². The van der Waals surface area contributed by atoms with Gasteiger partial charge < -0.3 is 9.47 Å². The van der Waals surface area contributed by atoms with E-state index in [4.69, 9.17) is 14.5 Å². The van der Waals surface area contributed by atoms with Crippen molar-refractivity contribution in [3.05, 3.63) is 65.7 Å². The third-order valence-corrected chi connectivity index (χ3v) is 5.18. The van der Waals surface area contributed by atoms with Gasteiger partial charge in [0.05, 0.1) is 19.3 Å². The molecule has 0 radical (unpaired) electrons. The molecule has 4 rings (SSSR count). The number of hydrogen-bond acceptors (Lipinski definition) is 4. The Labute approximate surface area is 141 Å². The number of nitrogens with zero attached hydrogens (tertiary/aromatic N) is 1. The van der Waals surface area contributed by atoms with Gasteiger partial charge in [-0.1, -0.05) is 48.5 Å². The Morgan fingerprint density at radius 2 is 1.88 bits per heavy atom. The number of ether oxygens (including phenoxy) is 2. The number of hydrogen-bond donors (Lipinski definition) is 0. The predicted molar refractivity (Wildman–Crippen MR) is 91.4 cm³/mol. The number of esters is 1. The van der Waals surface area contributed by atoms with Crippen molar-refractivity contribution in [1.29, 1.82) is 0 Å². The molecule has 2 aliphatic rings. The maximum atomic E-state index is 12.4. The third kappa shape index (κ3) is 2.06. The van der Waals surface area contributed by atoms with Crippen LogP contribution < -0.4 is 4.74 Å². The maximum absolute atomic E-state index is 12.4. The zero-order chi connectivity index (χ0) is 16.7. The second kappa shape index (κ2) is 5.48. The summed E-state index contributed by atoms with van der Waals surface area (Å²) in [5.41, 5.74) is 2.09. The number of fused-ring (bicyclic) bond motifs is 3. The number of rotatable bonds is 2. The Kier molecular flexibility index (Phi) is 3.41. The van der Waals surface area contributed by atoms with Crippen LogP contribution in [0.2, 0.25) is 0 Å². The average Bonchev–Trinajstić information content (AvgIpc) is 2.95. The van der Waals surface area contributed by atoms with Crippen LogP contribution in [0.15, 0.2) is 59.6 Å². The van der Waals surface area contributed by atoms with E-state index in [-0.39, 0.29) is 17.8 Å². The zero-order valence-corrected chi connectivity index (χ0v) is 13.7. The van der Waals surface area contributed by atoms with Crippen molar-refractivity contribution in [2.75, 3.05) is 13.7 Å². The first-order valence-corrected chi connectivity index (χ1v) is 8.10. The van der Waals surface area contributed by atoms with E-state index in [0.717, 1.165) is 16.9 Å². The van der Waals surface area contributed by atoms with Crippen molar-refractivity contribution in [3.8, 4) is 5.75 Å². The zero-order valence-electron chi connectivity index (χ0n) is 13.7. The van der Waals surface area contributed by atoms with Crippen molar-refractivity contribution in [2.45, 2.75) is 18.4 Å². The lowest BCUT2D eigenvalue weighted by atomic mass is 9.72. The summed E-state index contributed by atoms with van der Waals surface area (Å²) >= 11 is 0. The minimum Gasteiger partial charge on any atom is -0.493 e. The number of carbonyl (C=O) groups is 1. The minimum atomic E-state index is -0.487. The molecule has 0 unspecified atom stereocenters. The largest absolute Gasteiger partial charge is 0.493 e. The lowest BCUT2D eigenvalue weighted by molar-refractivity contribution is -0.132. The van der Waals surface area contributed by atoms with Crippen molar-refractivity contribution < 1.29 is 14.3 Å². The average molecular weight is 321 g/mol. The van der Waals surface area contributed by atoms with E-state index in [0.29, 0.717) is 12.3 Å². The molecule has 0 spiro atoms. The molecule has 0 bridgehead atoms. The molecule has 0 amide bonds. The highest BCUT2D eigenvalue weighted by Gasteiger charge is 2.54. The molecule has 4 heteroatoms. The van der Waals surface area contributed by atoms with Gasteiger partial charge in [-0.15, -0.1) is 0 Å². The summed E-state index contributed by atoms with van der Waals surface area (Å²) in [4.78, 5) is 17.3. The van der Waals surface area contributed by atoms with E-state index in [1.54, 1.807) is 0 Å². The van der Waals surface area contributed by atoms with Gasteiger partial charge in [-0.2, -0.15) is 0 Å². The first-order chi connectivity index (χ1) is 11.6. The van der Waals surface area contributed by atoms with E-state index in [9.17, 15) is 4.79 Å². The third-order valence-electron chi connectivity index (χ3n) is 5.18. The van der Waals surface area contributed by atoms with E-state index in [1.165, 1.54) is 7.11 Å². The number of carbonyl (C=O) groups excluding carboxylic acids is 1. The normalized spacial score (nSPS) is 27.5. The van der Waals surface area contributed by atoms with Crippen LogP contribution in [0.5, 0.6) is 5.75 Å². The highest BCUT2D eigenvalue weighted by molar-refractivity contribution is 6.39. The van der Waals surface area contributed by atoms with Crippen LogP contribution in [0.4, 0.5) is 0 Å². The summed E-state index contributed by atoms with van der Waals surface area (Å²) in [5, 5.41) is 0. The topological polar surface area (TPSA) is 47.9 Å². The Morgan fingerprint density at radius 3 is 2.62 bits per heavy atom. The van der Waals surface area contributed by atoms with Gasteiger partial charge >= 0.3 is 5.97 Å². The molecule has 2 aliphatic heterocycles. The summed E-state index contributed by atoms with van der Waals surface area (Å²) in [6, 6.07) is 17.9. The van der Waals surface area contributed by atoms with Crippen molar-refractivity contribution in [1.82, 2.24) is 0 Å². The summed E-state index contributed by atoms with van der Waals surface area (Å²) in [5.74, 6) is 0.413. The molecular weight excluding hydrogens is 302 g/mol. The molecule has 0 saturated carbocycles. The van der Waals surface area contributed by atoms with Gasteiger partial charge in [0.25, 0.3) is 0 Å². The lowest BCUT2D eigenvalue weighted by Gasteiger charge is -2.38. The van der Waals surface area contributed by atoms with E-state index in [2.05, 4.69) is 6.92 Å². The van der Waals surface area contributed by atoms with Gasteiger partial charge in [0.2, 0.25) is 0 Å². The second-order valence-electron chi connectivity index (χ2n) is 6.44. The predicted octanol–water partition coefficient (Wildman–Crippen LogP) is 3.32. The van der Waals surface area contributed by atoms with Gasteiger partial charge in [-0.25, -0.2) is 4.79 Å². The molecule has 0 saturated heterocycles. The fourth-order valence-electron chi connectivity index (χ4n) is 3.95. The molecule has 122 valence electrons. The van der Waals surface area contributed by atoms with Gasteiger partial charge in [-0.05, 0) is 18.6 Å². The Bertz CT molecular complexity index is 815. The standard InChI is InChI=1S/C20H19NO3/c1-20-14-10-6-7-11-16(14)24-12-15(20)17(13-8-4-3-5-9-13)18(21-20)19(22)23-2/h3-11,15,17H,12H2,1-2H3/t15-,17-,20-/m1/s1. The number of para-hydroxylation sites is 1. The summed E-state index contributed by atoms with van der Waals surface area (Å²) in [7, 11) is 1.40. The SMILES string of the molecule is COC(=O)C1=N[C@]2(C)c3ccccc3OC[C@@H]2[C@H]1c1ccccc1. The summed E-state index contributed by atoms with van der Waals surface area (Å²) in [6.45, 7) is 2.61. The molecular formula is C20H19NO3. The minimum absolute atomic E-state index is 0.0592. The summed E-state index contributed by atoms with van der Waals surface area (Å²) < 4.78 is 11.0. The first-order valence-electron chi connectivity index (χ1n) is 8.10. The molecule has 3 atom stereocenters. The quantitative estimate of drug-likeness (QED) is 0.797. The van der Waals surface area contributed by atoms with Gasteiger partial charge in [-0.3, -0.25) is 4.99 Å². The van der Waals surface area contributed by atoms with E-state index >= 15 is 0 Å². The van der Waals surface area contributed by atoms with Crippen LogP contribution in [0.25, 0.3) is 0 Å². The Hall–Kier alpha value is -2.62. The fraction of sp³-hybridized carbons (Fsp3) is 0.300. The van der Waals surface area contributed by atoms with Crippen LogP contribution in [-0.2, 0) is 15.1 Å². The number of benzene rings is 2. The maximum Gasteiger partial charge on any atom is 0.352 e. The molecule has 0 aromatic heterocycles. The van der Waals surface area contributed by atoms with Crippen molar-refractivity contribution in [2.24, 2.45) is 10.9 Å². The molecule has 2 aromatic rings. The Morgan fingerprint density at radius 1 is 1.17 bits per heavy atom. The molecule has 0 aliphatic carbocycles. The molecule has 4 nitrogen and oxygen atoms in total. The fourth-order valence-corrected chi connectivity index (χ4v) is 3.95. The number of methoxy groups -OCH3 is 1. The van der Waals surface area contributed by atoms with Crippen LogP contribution in [-0.4, -0.2) is 25.4 Å². The van der Waals surface area contributed by atoms with Gasteiger partial charge in [0.15, 0.2) is 0 Å². The van der Waals surface area contributed by atoms with Crippen LogP contribution >= 0.6 is 0 Å². The van der Waals surface area contributed by atoms with Crippen LogP contribution in [0, 0.1) is 5.92 Å². The highest BCUT2D eigenvalue weighted by atomic mass is 16.5. The number of aliphatic imine (C=N–C) groups is 1. The molecule has 24 heavy (non-hydrogen) atoms. The van der Waals surface area contributed by atoms with Crippen LogP contribution in [0.1, 0.15) is 24.0 Å². The smallest absolute Gasteiger partial charge is 0.352 e.